The van der Waals surface area contributed by atoms with Crippen molar-refractivity contribution in [2.75, 3.05) is 13.8 Å². The molecule has 0 bridgehead atoms. The Morgan fingerprint density at radius 1 is 1.13 bits per heavy atom. The Bertz CT molecular complexity index is 509. The molecule has 5 atom stereocenters. The Labute approximate surface area is 135 Å². The molecule has 0 spiro atoms. The van der Waals surface area contributed by atoms with Gasteiger partial charge in [-0.3, -0.25) is 0 Å². The van der Waals surface area contributed by atoms with Gasteiger partial charge in [0.05, 0.1) is 6.61 Å². The lowest BCUT2D eigenvalue weighted by molar-refractivity contribution is -0.283. The third-order valence-corrected chi connectivity index (χ3v) is 4.10. The second-order valence-electron chi connectivity index (χ2n) is 6.26. The summed E-state index contributed by atoms with van der Waals surface area (Å²) in [4.78, 5) is 0. The highest BCUT2D eigenvalue weighted by molar-refractivity contribution is 5.13. The maximum atomic E-state index is 13.3. The van der Waals surface area contributed by atoms with Crippen LogP contribution in [0.15, 0.2) is 30.3 Å². The molecular weight excluding hydrogens is 303 g/mol. The number of halogens is 1. The van der Waals surface area contributed by atoms with Gasteiger partial charge in [-0.2, -0.15) is 0 Å². The first kappa shape index (κ1) is 16.8. The van der Waals surface area contributed by atoms with E-state index >= 15 is 0 Å². The largest absolute Gasteiger partial charge is 0.365 e. The molecule has 0 aliphatic carbocycles. The fraction of sp³-hybridized carbons (Fsp3) is 0.647. The van der Waals surface area contributed by atoms with E-state index in [1.54, 1.807) is 13.8 Å². The molecule has 2 fully saturated rings. The van der Waals surface area contributed by atoms with Gasteiger partial charge in [-0.15, -0.1) is 0 Å². The molecule has 0 saturated carbocycles. The van der Waals surface area contributed by atoms with E-state index in [1.807, 2.05) is 30.3 Å². The lowest BCUT2D eigenvalue weighted by atomic mass is 9.99. The van der Waals surface area contributed by atoms with Crippen LogP contribution < -0.4 is 0 Å². The van der Waals surface area contributed by atoms with E-state index in [9.17, 15) is 4.39 Å². The fourth-order valence-electron chi connectivity index (χ4n) is 3.09. The van der Waals surface area contributed by atoms with E-state index < -0.39 is 43.2 Å². The van der Waals surface area contributed by atoms with Crippen molar-refractivity contribution in [2.45, 2.75) is 56.9 Å². The molecule has 1 aromatic carbocycles. The van der Waals surface area contributed by atoms with Crippen LogP contribution in [-0.4, -0.2) is 50.3 Å². The second-order valence-corrected chi connectivity index (χ2v) is 6.26. The van der Waals surface area contributed by atoms with Crippen LogP contribution in [-0.2, 0) is 30.3 Å². The van der Waals surface area contributed by atoms with Gasteiger partial charge < -0.3 is 23.7 Å². The highest BCUT2D eigenvalue weighted by Crippen LogP contribution is 2.39. The van der Waals surface area contributed by atoms with Gasteiger partial charge in [0.1, 0.15) is 31.1 Å². The minimum absolute atomic E-state index is 0.391. The summed E-state index contributed by atoms with van der Waals surface area (Å²) >= 11 is 0. The van der Waals surface area contributed by atoms with Crippen molar-refractivity contribution in [1.29, 1.82) is 0 Å². The zero-order valence-electron chi connectivity index (χ0n) is 13.6. The number of alkyl halides is 1. The van der Waals surface area contributed by atoms with Crippen molar-refractivity contribution in [3.8, 4) is 0 Å². The fourth-order valence-corrected chi connectivity index (χ4v) is 3.09. The van der Waals surface area contributed by atoms with E-state index in [1.165, 1.54) is 7.11 Å². The molecule has 5 unspecified atom stereocenters. The summed E-state index contributed by atoms with van der Waals surface area (Å²) in [7, 11) is 1.51. The van der Waals surface area contributed by atoms with Crippen molar-refractivity contribution in [3.63, 3.8) is 0 Å². The average Bonchev–Trinajstić information content (AvgIpc) is 2.88. The molecule has 0 amide bonds. The third kappa shape index (κ3) is 3.56. The van der Waals surface area contributed by atoms with Gasteiger partial charge in [0, 0.05) is 7.11 Å². The summed E-state index contributed by atoms with van der Waals surface area (Å²) in [5.41, 5.74) is 1.03. The molecule has 6 heteroatoms. The van der Waals surface area contributed by atoms with Gasteiger partial charge in [-0.25, -0.2) is 4.39 Å². The van der Waals surface area contributed by atoms with Gasteiger partial charge in [0.15, 0.2) is 12.1 Å². The monoisotopic (exact) mass is 326 g/mol. The Hall–Kier alpha value is -1.05. The van der Waals surface area contributed by atoms with E-state index in [-0.39, 0.29) is 0 Å². The minimum Gasteiger partial charge on any atom is -0.365 e. The highest BCUT2D eigenvalue weighted by Gasteiger charge is 2.56. The van der Waals surface area contributed by atoms with E-state index in [2.05, 4.69) is 0 Å². The number of benzene rings is 1. The maximum absolute atomic E-state index is 13.3. The lowest BCUT2D eigenvalue weighted by Gasteiger charge is -2.40. The van der Waals surface area contributed by atoms with Crippen molar-refractivity contribution >= 4 is 0 Å². The first-order valence-corrected chi connectivity index (χ1v) is 7.79. The number of hydrogen-bond donors (Lipinski definition) is 0. The zero-order chi connectivity index (χ0) is 16.4. The first-order valence-electron chi connectivity index (χ1n) is 7.79. The number of methoxy groups -OCH3 is 1. The second kappa shape index (κ2) is 6.83. The molecule has 0 radical (unpaired) electrons. The summed E-state index contributed by atoms with van der Waals surface area (Å²) in [5.74, 6) is -0.802. The molecule has 3 rings (SSSR count). The van der Waals surface area contributed by atoms with Crippen LogP contribution >= 0.6 is 0 Å². The van der Waals surface area contributed by atoms with Gasteiger partial charge in [0.2, 0.25) is 0 Å². The molecule has 1 aromatic rings. The SMILES string of the molecule is COC1OC(CF)C2OC(C)(C)OC2C1OCc1ccccc1. The van der Waals surface area contributed by atoms with Crippen LogP contribution in [0.1, 0.15) is 19.4 Å². The zero-order valence-corrected chi connectivity index (χ0v) is 13.6. The Kier molecular flexibility index (Phi) is 4.98. The molecule has 2 aliphatic rings. The van der Waals surface area contributed by atoms with Crippen LogP contribution in [0.5, 0.6) is 0 Å². The van der Waals surface area contributed by atoms with Gasteiger partial charge in [-0.1, -0.05) is 30.3 Å². The predicted octanol–water partition coefficient (Wildman–Crippen LogP) is 2.43. The Morgan fingerprint density at radius 3 is 2.48 bits per heavy atom. The Morgan fingerprint density at radius 2 is 1.83 bits per heavy atom. The first-order chi connectivity index (χ1) is 11.0. The summed E-state index contributed by atoms with van der Waals surface area (Å²) in [5, 5.41) is 0. The average molecular weight is 326 g/mol. The molecule has 0 aromatic heterocycles. The summed E-state index contributed by atoms with van der Waals surface area (Å²) < 4.78 is 42.1. The van der Waals surface area contributed by atoms with Gasteiger partial charge in [0.25, 0.3) is 0 Å². The normalized spacial score (nSPS) is 35.9. The number of rotatable bonds is 5. The van der Waals surface area contributed by atoms with Gasteiger partial charge in [-0.05, 0) is 19.4 Å². The lowest BCUT2D eigenvalue weighted by Crippen LogP contribution is -2.58. The van der Waals surface area contributed by atoms with Crippen LogP contribution in [0, 0.1) is 0 Å². The standard InChI is InChI=1S/C17H23FO5/c1-17(2)22-13-12(9-18)21-16(19-3)15(14(13)23-17)20-10-11-7-5-4-6-8-11/h4-8,12-16H,9-10H2,1-3H3. The van der Waals surface area contributed by atoms with Crippen molar-refractivity contribution in [3.05, 3.63) is 35.9 Å². The molecule has 5 nitrogen and oxygen atoms in total. The molecule has 23 heavy (non-hydrogen) atoms. The third-order valence-electron chi connectivity index (χ3n) is 4.10. The van der Waals surface area contributed by atoms with E-state index in [4.69, 9.17) is 23.7 Å². The van der Waals surface area contributed by atoms with E-state index in [0.717, 1.165) is 5.56 Å². The number of fused-ring (bicyclic) bond motifs is 1. The molecule has 2 aliphatic heterocycles. The minimum atomic E-state index is -0.802. The number of ether oxygens (including phenoxy) is 5. The van der Waals surface area contributed by atoms with Crippen LogP contribution in [0.4, 0.5) is 4.39 Å². The summed E-state index contributed by atoms with van der Waals surface area (Å²) in [6.45, 7) is 3.33. The smallest absolute Gasteiger partial charge is 0.186 e. The topological polar surface area (TPSA) is 46.2 Å². The number of hydrogen-bond acceptors (Lipinski definition) is 5. The summed E-state index contributed by atoms with van der Waals surface area (Å²) in [6, 6.07) is 9.80. The van der Waals surface area contributed by atoms with Crippen molar-refractivity contribution in [2.24, 2.45) is 0 Å². The van der Waals surface area contributed by atoms with Crippen LogP contribution in [0.2, 0.25) is 0 Å². The molecule has 0 N–H and O–H groups in total. The quantitative estimate of drug-likeness (QED) is 0.832. The molecular formula is C17H23FO5. The van der Waals surface area contributed by atoms with Crippen LogP contribution in [0.3, 0.4) is 0 Å². The highest BCUT2D eigenvalue weighted by atomic mass is 19.1. The summed E-state index contributed by atoms with van der Waals surface area (Å²) in [6.07, 6.45) is -2.85. The van der Waals surface area contributed by atoms with Gasteiger partial charge >= 0.3 is 0 Å². The Balaban J connectivity index is 1.76. The van der Waals surface area contributed by atoms with Crippen molar-refractivity contribution in [1.82, 2.24) is 0 Å². The predicted molar refractivity (Wildman–Crippen MR) is 80.5 cm³/mol. The molecule has 128 valence electrons. The maximum Gasteiger partial charge on any atom is 0.186 e. The van der Waals surface area contributed by atoms with E-state index in [0.29, 0.717) is 6.61 Å². The molecule has 2 saturated heterocycles. The van der Waals surface area contributed by atoms with Crippen molar-refractivity contribution < 1.29 is 28.1 Å². The molecule has 2 heterocycles. The van der Waals surface area contributed by atoms with Crippen LogP contribution in [0.25, 0.3) is 0 Å².